The molecule has 23 heavy (non-hydrogen) atoms. The van der Waals surface area contributed by atoms with E-state index in [-0.39, 0.29) is 6.04 Å². The summed E-state index contributed by atoms with van der Waals surface area (Å²) in [6, 6.07) is 14.1. The third-order valence-electron chi connectivity index (χ3n) is 4.41. The number of halogens is 2. The molecular formula is C18H14Cl2N2S. The molecule has 1 heterocycles. The maximum absolute atomic E-state index is 6.43. The summed E-state index contributed by atoms with van der Waals surface area (Å²) >= 11 is 17.9. The van der Waals surface area contributed by atoms with Gasteiger partial charge in [0.15, 0.2) is 5.11 Å². The minimum absolute atomic E-state index is 0.0168. The van der Waals surface area contributed by atoms with Gasteiger partial charge in [-0.2, -0.15) is 0 Å². The van der Waals surface area contributed by atoms with Crippen molar-refractivity contribution in [1.29, 1.82) is 0 Å². The topological polar surface area (TPSA) is 24.1 Å². The molecule has 116 valence electrons. The van der Waals surface area contributed by atoms with Gasteiger partial charge in [-0.25, -0.2) is 0 Å². The zero-order chi connectivity index (χ0) is 16.0. The molecule has 2 aliphatic rings. The molecule has 0 saturated carbocycles. The second-order valence-electron chi connectivity index (χ2n) is 5.75. The monoisotopic (exact) mass is 360 g/mol. The molecule has 2 aromatic carbocycles. The van der Waals surface area contributed by atoms with Gasteiger partial charge in [0, 0.05) is 21.3 Å². The molecule has 2 nitrogen and oxygen atoms in total. The second kappa shape index (κ2) is 5.82. The molecule has 0 bridgehead atoms. The Kier molecular flexibility index (Phi) is 3.80. The summed E-state index contributed by atoms with van der Waals surface area (Å²) in [4.78, 5) is 0. The molecule has 0 saturated heterocycles. The van der Waals surface area contributed by atoms with Crippen molar-refractivity contribution in [2.45, 2.75) is 18.9 Å². The predicted octanol–water partition coefficient (Wildman–Crippen LogP) is 4.87. The molecule has 0 aromatic heterocycles. The predicted molar refractivity (Wildman–Crippen MR) is 99.8 cm³/mol. The van der Waals surface area contributed by atoms with Gasteiger partial charge >= 0.3 is 0 Å². The SMILES string of the molecule is S=C1NC2=C(CCc3ccccc32)C(c2ccc(Cl)cc2Cl)N1. The van der Waals surface area contributed by atoms with Crippen molar-refractivity contribution in [1.82, 2.24) is 10.6 Å². The quantitative estimate of drug-likeness (QED) is 0.709. The van der Waals surface area contributed by atoms with E-state index >= 15 is 0 Å². The molecule has 5 heteroatoms. The molecule has 1 aliphatic carbocycles. The first-order chi connectivity index (χ1) is 11.1. The van der Waals surface area contributed by atoms with E-state index in [1.54, 1.807) is 6.07 Å². The summed E-state index contributed by atoms with van der Waals surface area (Å²) in [6.45, 7) is 0. The van der Waals surface area contributed by atoms with E-state index in [0.717, 1.165) is 24.1 Å². The van der Waals surface area contributed by atoms with Crippen LogP contribution < -0.4 is 10.6 Å². The van der Waals surface area contributed by atoms with E-state index < -0.39 is 0 Å². The van der Waals surface area contributed by atoms with E-state index in [9.17, 15) is 0 Å². The third-order valence-corrected chi connectivity index (χ3v) is 5.19. The van der Waals surface area contributed by atoms with Crippen LogP contribution in [-0.2, 0) is 6.42 Å². The minimum Gasteiger partial charge on any atom is -0.352 e. The summed E-state index contributed by atoms with van der Waals surface area (Å²) in [5.74, 6) is 0. The van der Waals surface area contributed by atoms with E-state index in [1.165, 1.54) is 16.7 Å². The molecule has 0 fully saturated rings. The van der Waals surface area contributed by atoms with Crippen LogP contribution >= 0.6 is 35.4 Å². The molecule has 1 unspecified atom stereocenters. The zero-order valence-electron chi connectivity index (χ0n) is 12.2. The first kappa shape index (κ1) is 15.0. The van der Waals surface area contributed by atoms with E-state index in [0.29, 0.717) is 15.2 Å². The molecule has 2 aromatic rings. The van der Waals surface area contributed by atoms with Gasteiger partial charge in [0.05, 0.1) is 6.04 Å². The molecule has 0 amide bonds. The highest BCUT2D eigenvalue weighted by molar-refractivity contribution is 7.80. The highest BCUT2D eigenvalue weighted by Gasteiger charge is 2.31. The fraction of sp³-hybridized carbons (Fsp3) is 0.167. The van der Waals surface area contributed by atoms with Crippen molar-refractivity contribution in [2.75, 3.05) is 0 Å². The zero-order valence-corrected chi connectivity index (χ0v) is 14.5. The molecule has 0 radical (unpaired) electrons. The van der Waals surface area contributed by atoms with Crippen LogP contribution in [0.25, 0.3) is 5.70 Å². The van der Waals surface area contributed by atoms with Crippen LogP contribution in [0.2, 0.25) is 10.0 Å². The van der Waals surface area contributed by atoms with Crippen LogP contribution in [0.5, 0.6) is 0 Å². The summed E-state index contributed by atoms with van der Waals surface area (Å²) < 4.78 is 0. The molecule has 0 spiro atoms. The van der Waals surface area contributed by atoms with Crippen LogP contribution in [0, 0.1) is 0 Å². The normalized spacial score (nSPS) is 19.6. The van der Waals surface area contributed by atoms with Gasteiger partial charge in [-0.05, 0) is 53.9 Å². The van der Waals surface area contributed by atoms with E-state index in [2.05, 4.69) is 34.9 Å². The molecule has 1 atom stereocenters. The van der Waals surface area contributed by atoms with Crippen LogP contribution in [0.4, 0.5) is 0 Å². The number of aryl methyl sites for hydroxylation is 1. The first-order valence-corrected chi connectivity index (χ1v) is 8.63. The maximum Gasteiger partial charge on any atom is 0.171 e. The van der Waals surface area contributed by atoms with Gasteiger partial charge in [-0.3, -0.25) is 0 Å². The molecule has 1 aliphatic heterocycles. The largest absolute Gasteiger partial charge is 0.352 e. The van der Waals surface area contributed by atoms with Gasteiger partial charge in [0.2, 0.25) is 0 Å². The summed E-state index contributed by atoms with van der Waals surface area (Å²) in [6.07, 6.45) is 1.99. The van der Waals surface area contributed by atoms with E-state index in [1.807, 2.05) is 12.1 Å². The molecule has 2 N–H and O–H groups in total. The average molecular weight is 361 g/mol. The fourth-order valence-electron chi connectivity index (χ4n) is 3.35. The maximum atomic E-state index is 6.43. The van der Waals surface area contributed by atoms with Gasteiger partial charge < -0.3 is 10.6 Å². The molecule has 4 rings (SSSR count). The molecular weight excluding hydrogens is 347 g/mol. The van der Waals surface area contributed by atoms with Crippen molar-refractivity contribution in [3.05, 3.63) is 74.8 Å². The Balaban J connectivity index is 1.87. The van der Waals surface area contributed by atoms with Crippen molar-refractivity contribution in [2.24, 2.45) is 0 Å². The van der Waals surface area contributed by atoms with Crippen LogP contribution in [0.15, 0.2) is 48.0 Å². The third kappa shape index (κ3) is 2.63. The van der Waals surface area contributed by atoms with Crippen molar-refractivity contribution < 1.29 is 0 Å². The number of nitrogens with one attached hydrogen (secondary N) is 2. The second-order valence-corrected chi connectivity index (χ2v) is 7.01. The van der Waals surface area contributed by atoms with Gasteiger partial charge in [0.1, 0.15) is 0 Å². The van der Waals surface area contributed by atoms with Crippen LogP contribution in [0.1, 0.15) is 29.2 Å². The smallest absolute Gasteiger partial charge is 0.171 e. The standard InChI is InChI=1S/C18H14Cl2N2S/c19-11-6-8-13(15(20)9-11)17-14-7-5-10-3-1-2-4-12(10)16(14)21-18(23)22-17/h1-4,6,8-9,17H,5,7H2,(H2,21,22,23). The highest BCUT2D eigenvalue weighted by atomic mass is 35.5. The van der Waals surface area contributed by atoms with Crippen molar-refractivity contribution >= 4 is 46.2 Å². The fourth-order valence-corrected chi connectivity index (χ4v) is 4.09. The van der Waals surface area contributed by atoms with Gasteiger partial charge in [0.25, 0.3) is 0 Å². The van der Waals surface area contributed by atoms with Crippen LogP contribution in [-0.4, -0.2) is 5.11 Å². The Hall–Kier alpha value is -1.55. The Morgan fingerprint density at radius 1 is 1.04 bits per heavy atom. The lowest BCUT2D eigenvalue weighted by atomic mass is 9.83. The van der Waals surface area contributed by atoms with E-state index in [4.69, 9.17) is 35.4 Å². The number of fused-ring (bicyclic) bond motifs is 2. The Bertz CT molecular complexity index is 845. The average Bonchev–Trinajstić information content (AvgIpc) is 2.54. The Labute approximate surface area is 150 Å². The highest BCUT2D eigenvalue weighted by Crippen LogP contribution is 2.40. The number of hydrogen-bond donors (Lipinski definition) is 2. The Morgan fingerprint density at radius 2 is 1.87 bits per heavy atom. The van der Waals surface area contributed by atoms with Crippen LogP contribution in [0.3, 0.4) is 0 Å². The summed E-state index contributed by atoms with van der Waals surface area (Å²) in [5, 5.41) is 8.61. The minimum atomic E-state index is -0.0168. The summed E-state index contributed by atoms with van der Waals surface area (Å²) in [7, 11) is 0. The van der Waals surface area contributed by atoms with Crippen molar-refractivity contribution in [3.8, 4) is 0 Å². The lowest BCUT2D eigenvalue weighted by molar-refractivity contribution is 0.667. The lowest BCUT2D eigenvalue weighted by Crippen LogP contribution is -2.44. The Morgan fingerprint density at radius 3 is 2.70 bits per heavy atom. The lowest BCUT2D eigenvalue weighted by Gasteiger charge is -2.36. The number of hydrogen-bond acceptors (Lipinski definition) is 1. The number of rotatable bonds is 1. The van der Waals surface area contributed by atoms with Gasteiger partial charge in [-0.15, -0.1) is 0 Å². The first-order valence-electron chi connectivity index (χ1n) is 7.47. The summed E-state index contributed by atoms with van der Waals surface area (Å²) in [5.41, 5.74) is 6.00. The number of thiocarbonyl (C=S) groups is 1. The van der Waals surface area contributed by atoms with Gasteiger partial charge in [-0.1, -0.05) is 53.5 Å². The number of benzene rings is 2. The van der Waals surface area contributed by atoms with Crippen molar-refractivity contribution in [3.63, 3.8) is 0 Å².